The Labute approximate surface area is 141 Å². The molecular formula is C17H15BrFNO3. The zero-order chi connectivity index (χ0) is 16.2. The second-order valence-corrected chi connectivity index (χ2v) is 6.20. The van der Waals surface area contributed by atoms with Crippen molar-refractivity contribution in [3.63, 3.8) is 0 Å². The summed E-state index contributed by atoms with van der Waals surface area (Å²) in [4.78, 5) is 11.8. The third-order valence-corrected chi connectivity index (χ3v) is 4.00. The molecule has 1 N–H and O–H groups in total. The fraction of sp³-hybridized carbons (Fsp3) is 0.235. The first kappa shape index (κ1) is 15.8. The number of alkyl carbamates (subject to hydrolysis) is 1. The molecule has 0 fully saturated rings. The second-order valence-electron chi connectivity index (χ2n) is 5.28. The molecule has 23 heavy (non-hydrogen) atoms. The molecule has 1 amide bonds. The molecule has 1 atom stereocenters. The monoisotopic (exact) mass is 379 g/mol. The number of ether oxygens (including phenoxy) is 2. The molecule has 0 radical (unpaired) electrons. The van der Waals surface area contributed by atoms with Crippen molar-refractivity contribution in [2.45, 2.75) is 19.1 Å². The maximum absolute atomic E-state index is 14.0. The first-order valence-electron chi connectivity index (χ1n) is 7.20. The molecule has 0 aromatic heterocycles. The average molecular weight is 380 g/mol. The third-order valence-electron chi connectivity index (χ3n) is 3.54. The number of hydrogen-bond acceptors (Lipinski definition) is 3. The van der Waals surface area contributed by atoms with Gasteiger partial charge in [0.2, 0.25) is 0 Å². The molecule has 3 rings (SSSR count). The van der Waals surface area contributed by atoms with E-state index >= 15 is 0 Å². The molecule has 0 aliphatic carbocycles. The smallest absolute Gasteiger partial charge is 0.407 e. The SMILES string of the molecule is O=C(N[C@@H]1COc2cc(Br)cc(F)c2C1)OCc1ccccc1. The topological polar surface area (TPSA) is 47.6 Å². The number of nitrogens with one attached hydrogen (secondary N) is 1. The van der Waals surface area contributed by atoms with Gasteiger partial charge >= 0.3 is 6.09 Å². The van der Waals surface area contributed by atoms with E-state index < -0.39 is 6.09 Å². The summed E-state index contributed by atoms with van der Waals surface area (Å²) in [6.45, 7) is 0.474. The van der Waals surface area contributed by atoms with Crippen molar-refractivity contribution in [3.05, 3.63) is 63.9 Å². The molecule has 6 heteroatoms. The first-order valence-corrected chi connectivity index (χ1v) is 7.99. The summed E-state index contributed by atoms with van der Waals surface area (Å²) in [5.74, 6) is 0.158. The number of fused-ring (bicyclic) bond motifs is 1. The highest BCUT2D eigenvalue weighted by Gasteiger charge is 2.25. The van der Waals surface area contributed by atoms with Crippen molar-refractivity contribution >= 4 is 22.0 Å². The highest BCUT2D eigenvalue weighted by molar-refractivity contribution is 9.10. The van der Waals surface area contributed by atoms with Crippen molar-refractivity contribution in [1.29, 1.82) is 0 Å². The number of carbonyl (C=O) groups excluding carboxylic acids is 1. The van der Waals surface area contributed by atoms with Crippen molar-refractivity contribution < 1.29 is 18.7 Å². The molecule has 0 unspecified atom stereocenters. The van der Waals surface area contributed by atoms with Crippen molar-refractivity contribution in [2.24, 2.45) is 0 Å². The molecule has 4 nitrogen and oxygen atoms in total. The second kappa shape index (κ2) is 7.00. The molecular weight excluding hydrogens is 365 g/mol. The lowest BCUT2D eigenvalue weighted by atomic mass is 10.0. The predicted molar refractivity (Wildman–Crippen MR) is 86.8 cm³/mol. The number of benzene rings is 2. The van der Waals surface area contributed by atoms with Gasteiger partial charge in [0.1, 0.15) is 24.8 Å². The number of rotatable bonds is 3. The van der Waals surface area contributed by atoms with Crippen LogP contribution in [0.25, 0.3) is 0 Å². The Morgan fingerprint density at radius 2 is 2.13 bits per heavy atom. The van der Waals surface area contributed by atoms with E-state index in [0.29, 0.717) is 22.2 Å². The van der Waals surface area contributed by atoms with Crippen LogP contribution in [0.5, 0.6) is 5.75 Å². The molecule has 0 saturated carbocycles. The number of hydrogen-bond donors (Lipinski definition) is 1. The van der Waals surface area contributed by atoms with Gasteiger partial charge < -0.3 is 14.8 Å². The van der Waals surface area contributed by atoms with Crippen LogP contribution in [0.3, 0.4) is 0 Å². The van der Waals surface area contributed by atoms with E-state index in [1.54, 1.807) is 6.07 Å². The van der Waals surface area contributed by atoms with Gasteiger partial charge in [-0.15, -0.1) is 0 Å². The van der Waals surface area contributed by atoms with Crippen LogP contribution in [0, 0.1) is 5.82 Å². The van der Waals surface area contributed by atoms with Crippen LogP contribution >= 0.6 is 15.9 Å². The van der Waals surface area contributed by atoms with Gasteiger partial charge in [-0.1, -0.05) is 46.3 Å². The predicted octanol–water partition coefficient (Wildman–Crippen LogP) is 3.82. The van der Waals surface area contributed by atoms with E-state index in [9.17, 15) is 9.18 Å². The summed E-state index contributed by atoms with van der Waals surface area (Å²) in [6.07, 6.45) is -0.169. The Morgan fingerprint density at radius 3 is 2.91 bits per heavy atom. The quantitative estimate of drug-likeness (QED) is 0.881. The van der Waals surface area contributed by atoms with E-state index in [4.69, 9.17) is 9.47 Å². The number of halogens is 2. The zero-order valence-electron chi connectivity index (χ0n) is 12.2. The minimum absolute atomic E-state index is 0.193. The Morgan fingerprint density at radius 1 is 1.35 bits per heavy atom. The zero-order valence-corrected chi connectivity index (χ0v) is 13.8. The average Bonchev–Trinajstić information content (AvgIpc) is 2.54. The van der Waals surface area contributed by atoms with Gasteiger partial charge in [0.25, 0.3) is 0 Å². The minimum atomic E-state index is -0.538. The summed E-state index contributed by atoms with van der Waals surface area (Å²) >= 11 is 3.23. The number of carbonyl (C=O) groups is 1. The van der Waals surface area contributed by atoms with Gasteiger partial charge in [-0.05, 0) is 17.7 Å². The van der Waals surface area contributed by atoms with Crippen LogP contribution in [0.15, 0.2) is 46.9 Å². The third kappa shape index (κ3) is 4.01. The summed E-state index contributed by atoms with van der Waals surface area (Å²) in [6, 6.07) is 12.2. The Bertz CT molecular complexity index is 708. The van der Waals surface area contributed by atoms with E-state index in [2.05, 4.69) is 21.2 Å². The molecule has 0 bridgehead atoms. The molecule has 1 heterocycles. The van der Waals surface area contributed by atoms with Gasteiger partial charge in [0.15, 0.2) is 0 Å². The van der Waals surface area contributed by atoms with E-state index in [0.717, 1.165) is 5.56 Å². The molecule has 1 aliphatic heterocycles. The molecule has 120 valence electrons. The minimum Gasteiger partial charge on any atom is -0.491 e. The summed E-state index contributed by atoms with van der Waals surface area (Å²) in [5.41, 5.74) is 1.37. The van der Waals surface area contributed by atoms with Crippen molar-refractivity contribution in [1.82, 2.24) is 5.32 Å². The Hall–Kier alpha value is -2.08. The number of amides is 1. The van der Waals surface area contributed by atoms with Crippen LogP contribution in [-0.4, -0.2) is 18.7 Å². The highest BCUT2D eigenvalue weighted by atomic mass is 79.9. The standard InChI is InChI=1S/C17H15BrFNO3/c18-12-6-15(19)14-8-13(10-22-16(14)7-12)20-17(21)23-9-11-4-2-1-3-5-11/h1-7,13H,8-10H2,(H,20,21)/t13-/m0/s1. The fourth-order valence-corrected chi connectivity index (χ4v) is 2.84. The molecule has 2 aromatic carbocycles. The largest absolute Gasteiger partial charge is 0.491 e. The molecule has 1 aliphatic rings. The summed E-state index contributed by atoms with van der Waals surface area (Å²) < 4.78 is 25.3. The lowest BCUT2D eigenvalue weighted by Crippen LogP contribution is -2.43. The normalized spacial score (nSPS) is 16.2. The van der Waals surface area contributed by atoms with Gasteiger partial charge in [-0.3, -0.25) is 0 Å². The van der Waals surface area contributed by atoms with Crippen LogP contribution in [0.1, 0.15) is 11.1 Å². The molecule has 0 saturated heterocycles. The Balaban J connectivity index is 1.56. The lowest BCUT2D eigenvalue weighted by Gasteiger charge is -2.26. The van der Waals surface area contributed by atoms with E-state index in [1.165, 1.54) is 6.07 Å². The lowest BCUT2D eigenvalue weighted by molar-refractivity contribution is 0.128. The highest BCUT2D eigenvalue weighted by Crippen LogP contribution is 2.30. The van der Waals surface area contributed by atoms with E-state index in [1.807, 2.05) is 30.3 Å². The molecule has 2 aromatic rings. The van der Waals surface area contributed by atoms with Gasteiger partial charge in [-0.25, -0.2) is 9.18 Å². The Kier molecular flexibility index (Phi) is 4.81. The first-order chi connectivity index (χ1) is 11.1. The van der Waals surface area contributed by atoms with Crippen LogP contribution in [-0.2, 0) is 17.8 Å². The van der Waals surface area contributed by atoms with Gasteiger partial charge in [0, 0.05) is 16.5 Å². The van der Waals surface area contributed by atoms with Gasteiger partial charge in [0.05, 0.1) is 6.04 Å². The van der Waals surface area contributed by atoms with Crippen LogP contribution in [0.4, 0.5) is 9.18 Å². The van der Waals surface area contributed by atoms with Crippen LogP contribution < -0.4 is 10.1 Å². The van der Waals surface area contributed by atoms with Crippen molar-refractivity contribution in [3.8, 4) is 5.75 Å². The molecule has 0 spiro atoms. The van der Waals surface area contributed by atoms with Crippen LogP contribution in [0.2, 0.25) is 0 Å². The maximum atomic E-state index is 14.0. The maximum Gasteiger partial charge on any atom is 0.407 e. The summed E-state index contributed by atoms with van der Waals surface area (Å²) in [5, 5.41) is 2.71. The van der Waals surface area contributed by atoms with Gasteiger partial charge in [-0.2, -0.15) is 0 Å². The summed E-state index contributed by atoms with van der Waals surface area (Å²) in [7, 11) is 0. The van der Waals surface area contributed by atoms with E-state index in [-0.39, 0.29) is 25.1 Å². The van der Waals surface area contributed by atoms with Crippen molar-refractivity contribution in [2.75, 3.05) is 6.61 Å². The fourth-order valence-electron chi connectivity index (χ4n) is 2.43.